The summed E-state index contributed by atoms with van der Waals surface area (Å²) in [4.78, 5) is 12.4. The van der Waals surface area contributed by atoms with Crippen molar-refractivity contribution in [1.82, 2.24) is 0 Å². The van der Waals surface area contributed by atoms with Crippen LogP contribution < -0.4 is 4.74 Å². The maximum atomic E-state index is 12.4. The lowest BCUT2D eigenvalue weighted by Gasteiger charge is -2.08. The third kappa shape index (κ3) is 3.19. The summed E-state index contributed by atoms with van der Waals surface area (Å²) >= 11 is 0. The molecule has 0 bridgehead atoms. The van der Waals surface area contributed by atoms with Crippen molar-refractivity contribution in [3.05, 3.63) is 71.3 Å². The van der Waals surface area contributed by atoms with E-state index < -0.39 is 0 Å². The Morgan fingerprint density at radius 2 is 1.74 bits per heavy atom. The molecule has 0 fully saturated rings. The Kier molecular flexibility index (Phi) is 4.02. The number of ether oxygens (including phenoxy) is 1. The van der Waals surface area contributed by atoms with Crippen molar-refractivity contribution in [2.24, 2.45) is 0 Å². The van der Waals surface area contributed by atoms with Gasteiger partial charge in [-0.05, 0) is 35.4 Å². The zero-order valence-corrected chi connectivity index (χ0v) is 13.2. The van der Waals surface area contributed by atoms with Crippen molar-refractivity contribution >= 4 is 16.6 Å². The summed E-state index contributed by atoms with van der Waals surface area (Å²) in [7, 11) is 1.52. The van der Waals surface area contributed by atoms with Gasteiger partial charge in [0.25, 0.3) is 0 Å². The largest absolute Gasteiger partial charge is 0.504 e. The fourth-order valence-electron chi connectivity index (χ4n) is 2.61. The van der Waals surface area contributed by atoms with Crippen LogP contribution in [0.15, 0.2) is 54.6 Å². The topological polar surface area (TPSA) is 46.5 Å². The van der Waals surface area contributed by atoms with Crippen molar-refractivity contribution in [3.63, 3.8) is 0 Å². The average molecular weight is 306 g/mol. The highest BCUT2D eigenvalue weighted by atomic mass is 16.5. The van der Waals surface area contributed by atoms with Crippen LogP contribution in [0, 0.1) is 6.92 Å². The van der Waals surface area contributed by atoms with Gasteiger partial charge < -0.3 is 9.84 Å². The standard InChI is InChI=1S/C20H18O3/c1-13-3-6-15(7-4-13)18(21)10-14-5-8-16-11-19(22)20(23-2)12-17(16)9-14/h3-9,11-12,22H,10H2,1-2H3. The first-order chi connectivity index (χ1) is 11.1. The van der Waals surface area contributed by atoms with Crippen molar-refractivity contribution in [2.45, 2.75) is 13.3 Å². The van der Waals surface area contributed by atoms with Crippen LogP contribution in [0.4, 0.5) is 0 Å². The first-order valence-electron chi connectivity index (χ1n) is 7.46. The van der Waals surface area contributed by atoms with Crippen molar-refractivity contribution in [3.8, 4) is 11.5 Å². The van der Waals surface area contributed by atoms with Crippen LogP contribution in [0.2, 0.25) is 0 Å². The van der Waals surface area contributed by atoms with Crippen molar-refractivity contribution in [2.75, 3.05) is 7.11 Å². The molecule has 0 aromatic heterocycles. The Bertz CT molecular complexity index is 864. The van der Waals surface area contributed by atoms with Gasteiger partial charge in [0.05, 0.1) is 7.11 Å². The van der Waals surface area contributed by atoms with Crippen LogP contribution >= 0.6 is 0 Å². The normalized spacial score (nSPS) is 10.7. The lowest BCUT2D eigenvalue weighted by Crippen LogP contribution is -2.03. The predicted molar refractivity (Wildman–Crippen MR) is 91.4 cm³/mol. The molecule has 3 aromatic carbocycles. The summed E-state index contributed by atoms with van der Waals surface area (Å²) in [5.41, 5.74) is 2.80. The molecule has 0 spiro atoms. The molecule has 0 saturated heterocycles. The van der Waals surface area contributed by atoms with Gasteiger partial charge in [0.2, 0.25) is 0 Å². The number of carbonyl (C=O) groups excluding carboxylic acids is 1. The molecule has 0 aliphatic heterocycles. The highest BCUT2D eigenvalue weighted by Gasteiger charge is 2.09. The second kappa shape index (κ2) is 6.13. The number of phenols is 1. The number of rotatable bonds is 4. The SMILES string of the molecule is COc1cc2cc(CC(=O)c3ccc(C)cc3)ccc2cc1O. The van der Waals surface area contributed by atoms with Gasteiger partial charge in [-0.25, -0.2) is 0 Å². The van der Waals surface area contributed by atoms with Gasteiger partial charge in [0.15, 0.2) is 17.3 Å². The number of carbonyl (C=O) groups is 1. The number of benzene rings is 3. The molecule has 0 radical (unpaired) electrons. The zero-order valence-electron chi connectivity index (χ0n) is 13.2. The van der Waals surface area contributed by atoms with Crippen LogP contribution in [-0.4, -0.2) is 18.0 Å². The second-order valence-corrected chi connectivity index (χ2v) is 5.67. The molecule has 0 unspecified atom stereocenters. The lowest BCUT2D eigenvalue weighted by atomic mass is 9.99. The molecule has 0 heterocycles. The third-order valence-corrected chi connectivity index (χ3v) is 3.94. The lowest BCUT2D eigenvalue weighted by molar-refractivity contribution is 0.0993. The van der Waals surface area contributed by atoms with E-state index in [1.165, 1.54) is 7.11 Å². The number of aryl methyl sites for hydroxylation is 1. The molecule has 0 saturated carbocycles. The van der Waals surface area contributed by atoms with Gasteiger partial charge in [0.1, 0.15) is 0 Å². The van der Waals surface area contributed by atoms with E-state index in [-0.39, 0.29) is 11.5 Å². The minimum absolute atomic E-state index is 0.0927. The molecular formula is C20H18O3. The summed E-state index contributed by atoms with van der Waals surface area (Å²) < 4.78 is 5.14. The number of fused-ring (bicyclic) bond motifs is 1. The predicted octanol–water partition coefficient (Wildman–Crippen LogP) is 4.29. The van der Waals surface area contributed by atoms with Gasteiger partial charge in [-0.2, -0.15) is 0 Å². The molecule has 1 N–H and O–H groups in total. The first-order valence-corrected chi connectivity index (χ1v) is 7.46. The monoisotopic (exact) mass is 306 g/mol. The quantitative estimate of drug-likeness (QED) is 0.731. The number of Topliss-reactive ketones (excluding diaryl/α,β-unsaturated/α-hetero) is 1. The Morgan fingerprint density at radius 1 is 1.00 bits per heavy atom. The van der Waals surface area contributed by atoms with Gasteiger partial charge >= 0.3 is 0 Å². The van der Waals surface area contributed by atoms with Crippen LogP contribution in [0.1, 0.15) is 21.5 Å². The molecule has 0 amide bonds. The molecule has 116 valence electrons. The molecule has 3 nitrogen and oxygen atoms in total. The number of phenolic OH excluding ortho intramolecular Hbond substituents is 1. The van der Waals surface area contributed by atoms with Gasteiger partial charge in [0, 0.05) is 12.0 Å². The third-order valence-electron chi connectivity index (χ3n) is 3.94. The minimum Gasteiger partial charge on any atom is -0.504 e. The average Bonchev–Trinajstić information content (AvgIpc) is 2.55. The smallest absolute Gasteiger partial charge is 0.167 e. The molecule has 3 rings (SSSR count). The first kappa shape index (κ1) is 15.1. The maximum Gasteiger partial charge on any atom is 0.167 e. The summed E-state index contributed by atoms with van der Waals surface area (Å²) in [5.74, 6) is 0.637. The molecule has 3 heteroatoms. The molecule has 0 aliphatic rings. The Morgan fingerprint density at radius 3 is 2.43 bits per heavy atom. The molecule has 0 aliphatic carbocycles. The van der Waals surface area contributed by atoms with E-state index in [1.54, 1.807) is 12.1 Å². The highest BCUT2D eigenvalue weighted by Crippen LogP contribution is 2.31. The molecule has 3 aromatic rings. The van der Waals surface area contributed by atoms with Gasteiger partial charge in [-0.1, -0.05) is 48.0 Å². The fraction of sp³-hybridized carbons (Fsp3) is 0.150. The van der Waals surface area contributed by atoms with E-state index in [4.69, 9.17) is 4.74 Å². The number of aromatic hydroxyl groups is 1. The van der Waals surface area contributed by atoms with E-state index in [2.05, 4.69) is 0 Å². The van der Waals surface area contributed by atoms with E-state index >= 15 is 0 Å². The summed E-state index contributed by atoms with van der Waals surface area (Å²) in [6, 6.07) is 16.8. The molecule has 23 heavy (non-hydrogen) atoms. The van der Waals surface area contributed by atoms with Crippen LogP contribution in [0.3, 0.4) is 0 Å². The Balaban J connectivity index is 1.89. The van der Waals surface area contributed by atoms with E-state index in [0.29, 0.717) is 12.2 Å². The number of hydrogen-bond donors (Lipinski definition) is 1. The van der Waals surface area contributed by atoms with Crippen LogP contribution in [-0.2, 0) is 6.42 Å². The number of methoxy groups -OCH3 is 1. The fourth-order valence-corrected chi connectivity index (χ4v) is 2.61. The number of ketones is 1. The van der Waals surface area contributed by atoms with Gasteiger partial charge in [-0.15, -0.1) is 0 Å². The Labute approximate surface area is 135 Å². The number of hydrogen-bond acceptors (Lipinski definition) is 3. The van der Waals surface area contributed by atoms with Gasteiger partial charge in [-0.3, -0.25) is 4.79 Å². The van der Waals surface area contributed by atoms with Crippen LogP contribution in [0.5, 0.6) is 11.5 Å². The van der Waals surface area contributed by atoms with Crippen molar-refractivity contribution < 1.29 is 14.6 Å². The Hall–Kier alpha value is -2.81. The van der Waals surface area contributed by atoms with E-state index in [0.717, 1.165) is 27.5 Å². The van der Waals surface area contributed by atoms with E-state index in [9.17, 15) is 9.90 Å². The summed E-state index contributed by atoms with van der Waals surface area (Å²) in [6.07, 6.45) is 0.349. The molecule has 0 atom stereocenters. The summed E-state index contributed by atoms with van der Waals surface area (Å²) in [5, 5.41) is 11.7. The van der Waals surface area contributed by atoms with E-state index in [1.807, 2.05) is 49.4 Å². The second-order valence-electron chi connectivity index (χ2n) is 5.67. The highest BCUT2D eigenvalue weighted by molar-refractivity contribution is 5.98. The summed E-state index contributed by atoms with van der Waals surface area (Å²) in [6.45, 7) is 2.00. The van der Waals surface area contributed by atoms with Crippen molar-refractivity contribution in [1.29, 1.82) is 0 Å². The maximum absolute atomic E-state index is 12.4. The molecular weight excluding hydrogens is 288 g/mol. The van der Waals surface area contributed by atoms with Crippen LogP contribution in [0.25, 0.3) is 10.8 Å². The zero-order chi connectivity index (χ0) is 16.4. The minimum atomic E-state index is 0.0927.